The lowest BCUT2D eigenvalue weighted by molar-refractivity contribution is -0.142. The third-order valence-electron chi connectivity index (χ3n) is 3.12. The highest BCUT2D eigenvalue weighted by atomic mass is 16.5. The van der Waals surface area contributed by atoms with Gasteiger partial charge in [-0.2, -0.15) is 0 Å². The van der Waals surface area contributed by atoms with Crippen LogP contribution in [0.15, 0.2) is 18.2 Å². The molecule has 0 saturated heterocycles. The molecule has 1 aromatic carbocycles. The summed E-state index contributed by atoms with van der Waals surface area (Å²) in [6.07, 6.45) is 0.621. The fraction of sp³-hybridized carbons (Fsp3) is 0.357. The van der Waals surface area contributed by atoms with E-state index in [0.29, 0.717) is 11.8 Å². The summed E-state index contributed by atoms with van der Waals surface area (Å²) in [4.78, 5) is 34.4. The predicted molar refractivity (Wildman–Crippen MR) is 75.1 cm³/mol. The van der Waals surface area contributed by atoms with E-state index in [-0.39, 0.29) is 11.4 Å². The Balaban J connectivity index is 3.42. The van der Waals surface area contributed by atoms with Crippen molar-refractivity contribution in [2.24, 2.45) is 0 Å². The van der Waals surface area contributed by atoms with Crippen LogP contribution in [0, 0.1) is 0 Å². The largest absolute Gasteiger partial charge is 0.495 e. The maximum atomic E-state index is 11.4. The van der Waals surface area contributed by atoms with E-state index in [4.69, 9.17) is 9.84 Å². The summed E-state index contributed by atoms with van der Waals surface area (Å²) in [6.45, 7) is 2.27. The van der Waals surface area contributed by atoms with Crippen LogP contribution in [0.5, 0.6) is 5.75 Å². The number of aldehydes is 1. The monoisotopic (exact) mass is 295 g/mol. The molecule has 0 aliphatic carbocycles. The predicted octanol–water partition coefficient (Wildman–Crippen LogP) is 1.26. The lowest BCUT2D eigenvalue weighted by Gasteiger charge is -2.36. The summed E-state index contributed by atoms with van der Waals surface area (Å²) in [6, 6.07) is 4.36. The summed E-state index contributed by atoms with van der Waals surface area (Å²) < 4.78 is 5.14. The van der Waals surface area contributed by atoms with Gasteiger partial charge in [0.05, 0.1) is 12.8 Å². The second kappa shape index (κ2) is 6.25. The zero-order valence-electron chi connectivity index (χ0n) is 12.0. The number of ether oxygens (including phenoxy) is 1. The molecule has 0 aliphatic heterocycles. The molecular weight excluding hydrogens is 278 g/mol. The topological polar surface area (TPSA) is 104 Å². The lowest BCUT2D eigenvalue weighted by atomic mass is 10.0. The van der Waals surface area contributed by atoms with Crippen LogP contribution < -0.4 is 9.64 Å². The molecule has 7 heteroatoms. The molecule has 0 radical (unpaired) electrons. The van der Waals surface area contributed by atoms with Crippen LogP contribution in [-0.4, -0.2) is 47.6 Å². The molecule has 0 unspecified atom stereocenters. The molecule has 0 aromatic heterocycles. The number of benzene rings is 1. The van der Waals surface area contributed by atoms with Crippen LogP contribution in [0.25, 0.3) is 0 Å². The molecule has 0 fully saturated rings. The molecule has 114 valence electrons. The maximum absolute atomic E-state index is 11.4. The molecule has 1 rings (SSSR count). The van der Waals surface area contributed by atoms with Gasteiger partial charge in [0.25, 0.3) is 0 Å². The Bertz CT molecular complexity index is 567. The first-order chi connectivity index (χ1) is 9.73. The number of carbonyl (C=O) groups is 3. The van der Waals surface area contributed by atoms with E-state index in [9.17, 15) is 19.5 Å². The van der Waals surface area contributed by atoms with E-state index in [2.05, 4.69) is 0 Å². The van der Waals surface area contributed by atoms with Gasteiger partial charge in [0.15, 0.2) is 0 Å². The third-order valence-corrected chi connectivity index (χ3v) is 3.12. The minimum atomic E-state index is -1.46. The minimum Gasteiger partial charge on any atom is -0.495 e. The van der Waals surface area contributed by atoms with Crippen molar-refractivity contribution in [3.05, 3.63) is 23.8 Å². The number of carboxylic acids is 2. The highest BCUT2D eigenvalue weighted by Crippen LogP contribution is 2.33. The van der Waals surface area contributed by atoms with Gasteiger partial charge in [-0.15, -0.1) is 0 Å². The molecule has 0 saturated carbocycles. The summed E-state index contributed by atoms with van der Waals surface area (Å²) >= 11 is 0. The van der Waals surface area contributed by atoms with E-state index in [1.165, 1.54) is 44.1 Å². The van der Waals surface area contributed by atoms with Gasteiger partial charge in [-0.3, -0.25) is 9.59 Å². The second-order valence-electron chi connectivity index (χ2n) is 4.89. The fourth-order valence-electron chi connectivity index (χ4n) is 1.83. The Hall–Kier alpha value is -2.57. The summed E-state index contributed by atoms with van der Waals surface area (Å²) in [5.41, 5.74) is -0.828. The smallest absolute Gasteiger partial charge is 0.328 e. The van der Waals surface area contributed by atoms with Crippen LogP contribution >= 0.6 is 0 Å². The molecule has 0 amide bonds. The lowest BCUT2D eigenvalue weighted by Crippen LogP contribution is -2.52. The van der Waals surface area contributed by atoms with E-state index in [1.807, 2.05) is 0 Å². The number of rotatable bonds is 7. The summed E-state index contributed by atoms with van der Waals surface area (Å²) in [5, 5.41) is 18.3. The van der Waals surface area contributed by atoms with Gasteiger partial charge in [0.2, 0.25) is 0 Å². The molecule has 0 atom stereocenters. The number of carboxylic acid groups (broad SMARTS) is 2. The quantitative estimate of drug-likeness (QED) is 0.730. The highest BCUT2D eigenvalue weighted by molar-refractivity contribution is 5.88. The zero-order valence-corrected chi connectivity index (χ0v) is 12.0. The highest BCUT2D eigenvalue weighted by Gasteiger charge is 2.37. The Morgan fingerprint density at radius 3 is 2.38 bits per heavy atom. The van der Waals surface area contributed by atoms with Gasteiger partial charge in [-0.1, -0.05) is 0 Å². The Kier molecular flexibility index (Phi) is 4.91. The molecule has 0 bridgehead atoms. The van der Waals surface area contributed by atoms with Crippen molar-refractivity contribution in [1.82, 2.24) is 0 Å². The average molecular weight is 295 g/mol. The van der Waals surface area contributed by atoms with Crippen molar-refractivity contribution in [3.8, 4) is 5.75 Å². The third kappa shape index (κ3) is 3.50. The van der Waals surface area contributed by atoms with Gasteiger partial charge < -0.3 is 19.8 Å². The SMILES string of the molecule is COc1cc(C=O)ccc1N(CC(=O)O)C(C)(C)C(=O)O. The first-order valence-corrected chi connectivity index (χ1v) is 6.10. The molecule has 7 nitrogen and oxygen atoms in total. The first-order valence-electron chi connectivity index (χ1n) is 6.10. The van der Waals surface area contributed by atoms with Crippen LogP contribution in [0.1, 0.15) is 24.2 Å². The minimum absolute atomic E-state index is 0.232. The van der Waals surface area contributed by atoms with Crippen molar-refractivity contribution in [2.45, 2.75) is 19.4 Å². The number of carbonyl (C=O) groups excluding carboxylic acids is 1. The number of hydrogen-bond donors (Lipinski definition) is 2. The standard InChI is InChI=1S/C14H17NO6/c1-14(2,13(19)20)15(7-12(17)18)10-5-4-9(8-16)6-11(10)21-3/h4-6,8H,7H2,1-3H3,(H,17,18)(H,19,20). The molecule has 21 heavy (non-hydrogen) atoms. The number of anilines is 1. The molecule has 1 aromatic rings. The van der Waals surface area contributed by atoms with Gasteiger partial charge in [-0.05, 0) is 32.0 Å². The van der Waals surface area contributed by atoms with Gasteiger partial charge in [-0.25, -0.2) is 4.79 Å². The van der Waals surface area contributed by atoms with E-state index < -0.39 is 24.0 Å². The first kappa shape index (κ1) is 16.5. The Labute approximate surface area is 121 Å². The molecule has 2 N–H and O–H groups in total. The van der Waals surface area contributed by atoms with Gasteiger partial charge >= 0.3 is 11.9 Å². The molecular formula is C14H17NO6. The van der Waals surface area contributed by atoms with Crippen LogP contribution in [0.2, 0.25) is 0 Å². The maximum Gasteiger partial charge on any atom is 0.328 e. The molecule has 0 heterocycles. The van der Waals surface area contributed by atoms with Crippen molar-refractivity contribution < 1.29 is 29.3 Å². The van der Waals surface area contributed by atoms with Crippen LogP contribution in [0.4, 0.5) is 5.69 Å². The van der Waals surface area contributed by atoms with Crippen LogP contribution in [0.3, 0.4) is 0 Å². The van der Waals surface area contributed by atoms with E-state index in [1.54, 1.807) is 0 Å². The van der Waals surface area contributed by atoms with Gasteiger partial charge in [0.1, 0.15) is 24.1 Å². The van der Waals surface area contributed by atoms with Gasteiger partial charge in [0, 0.05) is 5.56 Å². The van der Waals surface area contributed by atoms with Crippen molar-refractivity contribution in [2.75, 3.05) is 18.6 Å². The Morgan fingerprint density at radius 2 is 1.95 bits per heavy atom. The molecule has 0 spiro atoms. The molecule has 0 aliphatic rings. The Morgan fingerprint density at radius 1 is 1.33 bits per heavy atom. The van der Waals surface area contributed by atoms with Crippen molar-refractivity contribution in [3.63, 3.8) is 0 Å². The normalized spacial score (nSPS) is 10.8. The number of nitrogens with zero attached hydrogens (tertiary/aromatic N) is 1. The van der Waals surface area contributed by atoms with E-state index in [0.717, 1.165) is 0 Å². The summed E-state index contributed by atoms with van der Waals surface area (Å²) in [5.74, 6) is -2.12. The number of methoxy groups -OCH3 is 1. The summed E-state index contributed by atoms with van der Waals surface area (Å²) in [7, 11) is 1.36. The number of aliphatic carboxylic acids is 2. The second-order valence-corrected chi connectivity index (χ2v) is 4.89. The fourth-order valence-corrected chi connectivity index (χ4v) is 1.83. The van der Waals surface area contributed by atoms with Crippen molar-refractivity contribution >= 4 is 23.9 Å². The average Bonchev–Trinajstić information content (AvgIpc) is 2.43. The van der Waals surface area contributed by atoms with E-state index >= 15 is 0 Å². The van der Waals surface area contributed by atoms with Crippen molar-refractivity contribution in [1.29, 1.82) is 0 Å². The zero-order chi connectivity index (χ0) is 16.2. The number of hydrogen-bond acceptors (Lipinski definition) is 5. The van der Waals surface area contributed by atoms with Crippen LogP contribution in [-0.2, 0) is 9.59 Å².